The van der Waals surface area contributed by atoms with Crippen LogP contribution in [0, 0.1) is 0 Å². The fraction of sp³-hybridized carbons (Fsp3) is 0.0625. The number of amides is 1. The number of nitrogens with zero attached hydrogens (tertiary/aromatic N) is 3. The number of pyridine rings is 1. The molecule has 3 rings (SSSR count). The topological polar surface area (TPSA) is 69.0 Å². The first-order chi connectivity index (χ1) is 11.6. The summed E-state index contributed by atoms with van der Waals surface area (Å²) in [6.07, 6.45) is 4.76. The fourth-order valence-electron chi connectivity index (χ4n) is 2.01. The molecule has 0 saturated carbocycles. The zero-order chi connectivity index (χ0) is 16.9. The second-order valence-corrected chi connectivity index (χ2v) is 4.72. The predicted molar refractivity (Wildman–Crippen MR) is 82.4 cm³/mol. The third kappa shape index (κ3) is 3.72. The Hall–Kier alpha value is -3.29. The van der Waals surface area contributed by atoms with Crippen LogP contribution in [0.15, 0.2) is 61.1 Å². The van der Waals surface area contributed by atoms with E-state index in [0.29, 0.717) is 17.1 Å². The molecule has 0 bridgehead atoms. The predicted octanol–water partition coefficient (Wildman–Crippen LogP) is 3.12. The highest BCUT2D eigenvalue weighted by atomic mass is 19.3. The highest BCUT2D eigenvalue weighted by Crippen LogP contribution is 2.20. The Morgan fingerprint density at radius 3 is 2.75 bits per heavy atom. The quantitative estimate of drug-likeness (QED) is 0.780. The molecule has 122 valence electrons. The molecule has 2 aromatic heterocycles. The van der Waals surface area contributed by atoms with Crippen molar-refractivity contribution >= 4 is 11.6 Å². The maximum Gasteiger partial charge on any atom is 0.387 e. The van der Waals surface area contributed by atoms with Gasteiger partial charge < -0.3 is 10.1 Å². The van der Waals surface area contributed by atoms with Gasteiger partial charge in [-0.05, 0) is 30.3 Å². The molecule has 1 aromatic carbocycles. The first-order valence-corrected chi connectivity index (χ1v) is 6.94. The van der Waals surface area contributed by atoms with Crippen LogP contribution in [0.4, 0.5) is 14.5 Å². The Morgan fingerprint density at radius 2 is 2.08 bits per heavy atom. The molecule has 0 aliphatic carbocycles. The van der Waals surface area contributed by atoms with Crippen molar-refractivity contribution in [3.8, 4) is 11.6 Å². The summed E-state index contributed by atoms with van der Waals surface area (Å²) >= 11 is 0. The number of aromatic nitrogens is 3. The number of nitrogens with one attached hydrogen (secondary N) is 1. The molecule has 0 radical (unpaired) electrons. The summed E-state index contributed by atoms with van der Waals surface area (Å²) in [7, 11) is 0. The van der Waals surface area contributed by atoms with Gasteiger partial charge in [0.2, 0.25) is 0 Å². The van der Waals surface area contributed by atoms with E-state index in [-0.39, 0.29) is 5.75 Å². The molecule has 1 N–H and O–H groups in total. The van der Waals surface area contributed by atoms with Gasteiger partial charge >= 0.3 is 6.61 Å². The number of carbonyl (C=O) groups excluding carboxylic acids is 1. The molecule has 6 nitrogen and oxygen atoms in total. The van der Waals surface area contributed by atoms with E-state index in [9.17, 15) is 13.6 Å². The van der Waals surface area contributed by atoms with Crippen molar-refractivity contribution in [1.82, 2.24) is 14.8 Å². The van der Waals surface area contributed by atoms with Gasteiger partial charge in [-0.15, -0.1) is 0 Å². The van der Waals surface area contributed by atoms with Crippen LogP contribution in [0.3, 0.4) is 0 Å². The molecule has 0 unspecified atom stereocenters. The molecule has 0 aliphatic heterocycles. The zero-order valence-corrected chi connectivity index (χ0v) is 12.3. The van der Waals surface area contributed by atoms with E-state index in [2.05, 4.69) is 20.1 Å². The molecular weight excluding hydrogens is 318 g/mol. The maximum atomic E-state index is 12.2. The third-order valence-electron chi connectivity index (χ3n) is 3.07. The van der Waals surface area contributed by atoms with E-state index in [1.54, 1.807) is 41.3 Å². The second-order valence-electron chi connectivity index (χ2n) is 4.72. The molecule has 8 heteroatoms. The van der Waals surface area contributed by atoms with Crippen LogP contribution in [-0.2, 0) is 0 Å². The smallest absolute Gasteiger partial charge is 0.387 e. The number of carbonyl (C=O) groups is 1. The van der Waals surface area contributed by atoms with Crippen LogP contribution in [0.1, 0.15) is 10.4 Å². The minimum Gasteiger partial charge on any atom is -0.435 e. The second kappa shape index (κ2) is 6.86. The van der Waals surface area contributed by atoms with Crippen molar-refractivity contribution in [2.24, 2.45) is 0 Å². The molecular formula is C16H12F2N4O2. The summed E-state index contributed by atoms with van der Waals surface area (Å²) in [5.74, 6) is 0.127. The van der Waals surface area contributed by atoms with Crippen LogP contribution in [-0.4, -0.2) is 27.3 Å². The number of hydrogen-bond donors (Lipinski definition) is 1. The number of ether oxygens (including phenoxy) is 1. The van der Waals surface area contributed by atoms with E-state index >= 15 is 0 Å². The van der Waals surface area contributed by atoms with Crippen LogP contribution < -0.4 is 10.1 Å². The molecule has 2 heterocycles. The maximum absolute atomic E-state index is 12.2. The van der Waals surface area contributed by atoms with E-state index in [1.807, 2.05) is 0 Å². The van der Waals surface area contributed by atoms with Crippen molar-refractivity contribution < 1.29 is 18.3 Å². The molecule has 1 amide bonds. The Balaban J connectivity index is 1.71. The zero-order valence-electron chi connectivity index (χ0n) is 12.3. The van der Waals surface area contributed by atoms with Crippen molar-refractivity contribution in [3.63, 3.8) is 0 Å². The van der Waals surface area contributed by atoms with Gasteiger partial charge in [-0.25, -0.2) is 9.67 Å². The van der Waals surface area contributed by atoms with Crippen LogP contribution in [0.2, 0.25) is 0 Å². The average molecular weight is 330 g/mol. The van der Waals surface area contributed by atoms with Crippen LogP contribution in [0.5, 0.6) is 5.75 Å². The minimum atomic E-state index is -2.92. The van der Waals surface area contributed by atoms with Gasteiger partial charge in [0.25, 0.3) is 5.91 Å². The Morgan fingerprint density at radius 1 is 1.21 bits per heavy atom. The van der Waals surface area contributed by atoms with E-state index in [0.717, 1.165) is 0 Å². The van der Waals surface area contributed by atoms with Crippen LogP contribution >= 0.6 is 0 Å². The van der Waals surface area contributed by atoms with E-state index in [1.165, 1.54) is 24.4 Å². The number of benzene rings is 1. The molecule has 0 atom stereocenters. The lowest BCUT2D eigenvalue weighted by Gasteiger charge is -2.08. The lowest BCUT2D eigenvalue weighted by atomic mass is 10.2. The van der Waals surface area contributed by atoms with Crippen LogP contribution in [0.25, 0.3) is 5.82 Å². The van der Waals surface area contributed by atoms with Crippen molar-refractivity contribution in [2.45, 2.75) is 6.61 Å². The van der Waals surface area contributed by atoms with Gasteiger partial charge in [-0.1, -0.05) is 6.07 Å². The highest BCUT2D eigenvalue weighted by molar-refractivity contribution is 6.04. The van der Waals surface area contributed by atoms with Crippen molar-refractivity contribution in [2.75, 3.05) is 5.32 Å². The normalized spacial score (nSPS) is 10.6. The van der Waals surface area contributed by atoms with Gasteiger partial charge in [0.1, 0.15) is 5.75 Å². The summed E-state index contributed by atoms with van der Waals surface area (Å²) in [5, 5.41) is 6.64. The lowest BCUT2D eigenvalue weighted by molar-refractivity contribution is -0.0497. The Labute approximate surface area is 135 Å². The summed E-state index contributed by atoms with van der Waals surface area (Å²) in [5.41, 5.74) is 0.667. The first kappa shape index (κ1) is 15.6. The van der Waals surface area contributed by atoms with Crippen molar-refractivity contribution in [3.05, 3.63) is 66.6 Å². The molecule has 0 spiro atoms. The lowest BCUT2D eigenvalue weighted by Crippen LogP contribution is -2.13. The van der Waals surface area contributed by atoms with E-state index < -0.39 is 12.5 Å². The standard InChI is InChI=1S/C16H12F2N4O2/c17-16(18)24-13-4-1-3-12(9-13)21-15(23)11-5-6-14(19-10-11)22-8-2-7-20-22/h1-10,16H,(H,21,23). The number of hydrogen-bond acceptors (Lipinski definition) is 4. The molecule has 0 aliphatic rings. The van der Waals surface area contributed by atoms with Gasteiger partial charge in [0.15, 0.2) is 5.82 Å². The number of anilines is 1. The summed E-state index contributed by atoms with van der Waals surface area (Å²) in [6, 6.07) is 10.8. The largest absolute Gasteiger partial charge is 0.435 e. The molecule has 3 aromatic rings. The first-order valence-electron chi connectivity index (χ1n) is 6.94. The Kier molecular flexibility index (Phi) is 4.46. The summed E-state index contributed by atoms with van der Waals surface area (Å²) < 4.78 is 30.3. The van der Waals surface area contributed by atoms with E-state index in [4.69, 9.17) is 0 Å². The van der Waals surface area contributed by atoms with Gasteiger partial charge in [-0.3, -0.25) is 4.79 Å². The molecule has 0 saturated heterocycles. The minimum absolute atomic E-state index is 0.0324. The van der Waals surface area contributed by atoms with Gasteiger partial charge in [-0.2, -0.15) is 13.9 Å². The molecule has 0 fully saturated rings. The Bertz CT molecular complexity index is 820. The number of alkyl halides is 2. The van der Waals surface area contributed by atoms with Crippen molar-refractivity contribution in [1.29, 1.82) is 0 Å². The number of halogens is 2. The van der Waals surface area contributed by atoms with Gasteiger partial charge in [0.05, 0.1) is 5.56 Å². The molecule has 24 heavy (non-hydrogen) atoms. The summed E-state index contributed by atoms with van der Waals surface area (Å²) in [4.78, 5) is 16.3. The SMILES string of the molecule is O=C(Nc1cccc(OC(F)F)c1)c1ccc(-n2cccn2)nc1. The summed E-state index contributed by atoms with van der Waals surface area (Å²) in [6.45, 7) is -2.92. The third-order valence-corrected chi connectivity index (χ3v) is 3.07. The fourth-order valence-corrected chi connectivity index (χ4v) is 2.01. The van der Waals surface area contributed by atoms with Gasteiger partial charge in [0, 0.05) is 30.3 Å². The average Bonchev–Trinajstić information content (AvgIpc) is 3.09. The monoisotopic (exact) mass is 330 g/mol. The number of rotatable bonds is 5. The highest BCUT2D eigenvalue weighted by Gasteiger charge is 2.09.